The Morgan fingerprint density at radius 1 is 1.04 bits per heavy atom. The number of carbonyl (C=O) groups excluding carboxylic acids is 2. The molecule has 2 amide bonds. The number of nitrogens with one attached hydrogen (secondary N) is 2. The normalized spacial score (nSPS) is 10.3. The number of rotatable bonds is 8. The van der Waals surface area contributed by atoms with Crippen molar-refractivity contribution in [2.24, 2.45) is 5.10 Å². The number of hydrazone groups is 1. The molecule has 0 spiro atoms. The molecule has 0 aliphatic rings. The zero-order valence-electron chi connectivity index (χ0n) is 14.9. The summed E-state index contributed by atoms with van der Waals surface area (Å²) in [6, 6.07) is 13.3. The lowest BCUT2D eigenvalue weighted by Gasteiger charge is -2.07. The number of carboxylic acids is 1. The van der Waals surface area contributed by atoms with Gasteiger partial charge in [-0.2, -0.15) is 5.10 Å². The van der Waals surface area contributed by atoms with Gasteiger partial charge in [-0.3, -0.25) is 9.59 Å². The van der Waals surface area contributed by atoms with Crippen LogP contribution in [0.2, 0.25) is 0 Å². The van der Waals surface area contributed by atoms with Gasteiger partial charge in [0.25, 0.3) is 0 Å². The average Bonchev–Trinajstić information content (AvgIpc) is 2.71. The highest BCUT2D eigenvalue weighted by Gasteiger charge is 2.10. The molecule has 0 aliphatic heterocycles. The van der Waals surface area contributed by atoms with Crippen LogP contribution in [0, 0.1) is 0 Å². The molecule has 2 aromatic carbocycles. The smallest absolute Gasteiger partial charge is 0.335 e. The number of hydrogen-bond acceptors (Lipinski definition) is 5. The first-order valence-electron chi connectivity index (χ1n) is 8.27. The third kappa shape index (κ3) is 6.41. The second-order valence-corrected chi connectivity index (χ2v) is 5.56. The van der Waals surface area contributed by atoms with Crippen LogP contribution in [0.4, 0.5) is 0 Å². The molecule has 2 aromatic rings. The summed E-state index contributed by atoms with van der Waals surface area (Å²) in [6.07, 6.45) is 2.86. The van der Waals surface area contributed by atoms with Crippen LogP contribution in [-0.2, 0) is 16.2 Å². The minimum absolute atomic E-state index is 0.196. The van der Waals surface area contributed by atoms with Gasteiger partial charge in [-0.15, -0.1) is 6.58 Å². The predicted molar refractivity (Wildman–Crippen MR) is 103 cm³/mol. The first-order chi connectivity index (χ1) is 13.5. The monoisotopic (exact) mass is 381 g/mol. The number of nitrogens with zero attached hydrogens (tertiary/aromatic N) is 1. The van der Waals surface area contributed by atoms with Crippen LogP contribution in [0.1, 0.15) is 21.5 Å². The molecule has 2 rings (SSSR count). The van der Waals surface area contributed by atoms with E-state index in [1.807, 2.05) is 0 Å². The van der Waals surface area contributed by atoms with Crippen LogP contribution in [-0.4, -0.2) is 35.6 Å². The molecule has 28 heavy (non-hydrogen) atoms. The molecule has 0 aromatic heterocycles. The van der Waals surface area contributed by atoms with Gasteiger partial charge in [0.1, 0.15) is 12.4 Å². The fourth-order valence-corrected chi connectivity index (χ4v) is 2.02. The Kier molecular flexibility index (Phi) is 7.47. The Bertz CT molecular complexity index is 874. The Balaban J connectivity index is 1.82. The number of carbonyl (C=O) groups is 3. The van der Waals surface area contributed by atoms with E-state index >= 15 is 0 Å². The summed E-state index contributed by atoms with van der Waals surface area (Å²) in [7, 11) is 0. The zero-order chi connectivity index (χ0) is 20.4. The van der Waals surface area contributed by atoms with Gasteiger partial charge in [-0.05, 0) is 47.5 Å². The highest BCUT2D eigenvalue weighted by atomic mass is 16.5. The molecule has 144 valence electrons. The molecule has 0 heterocycles. The quantitative estimate of drug-likeness (QED) is 0.279. The lowest BCUT2D eigenvalue weighted by molar-refractivity contribution is -0.139. The van der Waals surface area contributed by atoms with Crippen LogP contribution in [0.15, 0.2) is 66.3 Å². The Hall–Kier alpha value is -3.94. The lowest BCUT2D eigenvalue weighted by Crippen LogP contribution is -2.37. The minimum Gasteiger partial charge on any atom is -0.489 e. The third-order valence-electron chi connectivity index (χ3n) is 3.48. The molecular weight excluding hydrogens is 362 g/mol. The van der Waals surface area contributed by atoms with Crippen molar-refractivity contribution in [1.29, 1.82) is 0 Å². The van der Waals surface area contributed by atoms with Gasteiger partial charge in [-0.25, -0.2) is 10.2 Å². The van der Waals surface area contributed by atoms with E-state index in [-0.39, 0.29) is 12.1 Å². The van der Waals surface area contributed by atoms with E-state index in [1.165, 1.54) is 24.4 Å². The maximum Gasteiger partial charge on any atom is 0.335 e. The van der Waals surface area contributed by atoms with Crippen molar-refractivity contribution in [3.63, 3.8) is 0 Å². The number of carboxylic acid groups (broad SMARTS) is 1. The number of amides is 2. The summed E-state index contributed by atoms with van der Waals surface area (Å²) in [6.45, 7) is 3.92. The van der Waals surface area contributed by atoms with Crippen molar-refractivity contribution in [3.8, 4) is 5.75 Å². The maximum atomic E-state index is 11.4. The molecule has 8 nitrogen and oxygen atoms in total. The van der Waals surface area contributed by atoms with Gasteiger partial charge in [0, 0.05) is 6.54 Å². The third-order valence-corrected chi connectivity index (χ3v) is 3.48. The van der Waals surface area contributed by atoms with Gasteiger partial charge < -0.3 is 15.2 Å². The fraction of sp³-hybridized carbons (Fsp3) is 0.100. The van der Waals surface area contributed by atoms with Crippen molar-refractivity contribution in [2.45, 2.75) is 6.61 Å². The standard InChI is InChI=1S/C20H19N3O5/c1-2-11-21-18(24)19(25)23-22-12-14-5-9-17(10-6-14)28-13-15-3-7-16(8-4-15)20(26)27/h2-10,12H,1,11,13H2,(H,21,24)(H,23,25)(H,26,27)/b22-12-. The molecule has 0 saturated carbocycles. The topological polar surface area (TPSA) is 117 Å². The number of hydrogen-bond donors (Lipinski definition) is 3. The van der Waals surface area contributed by atoms with E-state index in [0.29, 0.717) is 17.9 Å². The first kappa shape index (κ1) is 20.4. The van der Waals surface area contributed by atoms with Crippen LogP contribution in [0.3, 0.4) is 0 Å². The Morgan fingerprint density at radius 3 is 2.32 bits per heavy atom. The fourth-order valence-electron chi connectivity index (χ4n) is 2.02. The van der Waals surface area contributed by atoms with Crippen molar-refractivity contribution in [3.05, 3.63) is 77.9 Å². The predicted octanol–water partition coefficient (Wildman–Crippen LogP) is 1.72. The van der Waals surface area contributed by atoms with Crippen molar-refractivity contribution in [1.82, 2.24) is 10.7 Å². The van der Waals surface area contributed by atoms with Crippen LogP contribution in [0.25, 0.3) is 0 Å². The van der Waals surface area contributed by atoms with E-state index in [0.717, 1.165) is 5.56 Å². The van der Waals surface area contributed by atoms with Crippen molar-refractivity contribution in [2.75, 3.05) is 6.54 Å². The first-order valence-corrected chi connectivity index (χ1v) is 8.27. The van der Waals surface area contributed by atoms with E-state index in [9.17, 15) is 14.4 Å². The van der Waals surface area contributed by atoms with Gasteiger partial charge in [0.2, 0.25) is 0 Å². The van der Waals surface area contributed by atoms with Crippen molar-refractivity contribution < 1.29 is 24.2 Å². The molecule has 0 fully saturated rings. The van der Waals surface area contributed by atoms with Gasteiger partial charge in [-0.1, -0.05) is 18.2 Å². The summed E-state index contributed by atoms with van der Waals surface area (Å²) in [4.78, 5) is 33.6. The van der Waals surface area contributed by atoms with Crippen molar-refractivity contribution >= 4 is 24.0 Å². The Labute approximate surface area is 161 Å². The van der Waals surface area contributed by atoms with E-state index < -0.39 is 17.8 Å². The highest BCUT2D eigenvalue weighted by Crippen LogP contribution is 2.14. The number of benzene rings is 2. The molecular formula is C20H19N3O5. The van der Waals surface area contributed by atoms with E-state index in [1.54, 1.807) is 36.4 Å². The SMILES string of the molecule is C=CCNC(=O)C(=O)N/N=C\c1ccc(OCc2ccc(C(=O)O)cc2)cc1. The number of aromatic carboxylic acids is 1. The van der Waals surface area contributed by atoms with E-state index in [4.69, 9.17) is 9.84 Å². The lowest BCUT2D eigenvalue weighted by atomic mass is 10.1. The van der Waals surface area contributed by atoms with Crippen LogP contribution >= 0.6 is 0 Å². The summed E-state index contributed by atoms with van der Waals surface area (Å²) in [5.74, 6) is -2.02. The van der Waals surface area contributed by atoms with Crippen LogP contribution < -0.4 is 15.5 Å². The van der Waals surface area contributed by atoms with Crippen LogP contribution in [0.5, 0.6) is 5.75 Å². The molecule has 0 saturated heterocycles. The second-order valence-electron chi connectivity index (χ2n) is 5.56. The maximum absolute atomic E-state index is 11.4. The Morgan fingerprint density at radius 2 is 1.71 bits per heavy atom. The summed E-state index contributed by atoms with van der Waals surface area (Å²) < 4.78 is 5.64. The molecule has 0 bridgehead atoms. The molecule has 0 aliphatic carbocycles. The number of ether oxygens (including phenoxy) is 1. The van der Waals surface area contributed by atoms with Gasteiger partial charge >= 0.3 is 17.8 Å². The minimum atomic E-state index is -0.974. The molecule has 3 N–H and O–H groups in total. The molecule has 8 heteroatoms. The highest BCUT2D eigenvalue weighted by molar-refractivity contribution is 6.35. The van der Waals surface area contributed by atoms with Gasteiger partial charge in [0.05, 0.1) is 11.8 Å². The molecule has 0 atom stereocenters. The summed E-state index contributed by atoms with van der Waals surface area (Å²) in [5, 5.41) is 14.9. The molecule has 0 unspecified atom stereocenters. The van der Waals surface area contributed by atoms with E-state index in [2.05, 4.69) is 22.4 Å². The average molecular weight is 381 g/mol. The van der Waals surface area contributed by atoms with Gasteiger partial charge in [0.15, 0.2) is 0 Å². The second kappa shape index (κ2) is 10.3. The largest absolute Gasteiger partial charge is 0.489 e. The summed E-state index contributed by atoms with van der Waals surface area (Å²) in [5.41, 5.74) is 3.88. The summed E-state index contributed by atoms with van der Waals surface area (Å²) >= 11 is 0. The zero-order valence-corrected chi connectivity index (χ0v) is 14.9. The molecule has 0 radical (unpaired) electrons.